The van der Waals surface area contributed by atoms with Gasteiger partial charge in [0.2, 0.25) is 15.9 Å². The van der Waals surface area contributed by atoms with E-state index < -0.39 is 10.0 Å². The molecule has 0 bridgehead atoms. The van der Waals surface area contributed by atoms with E-state index >= 15 is 0 Å². The highest BCUT2D eigenvalue weighted by molar-refractivity contribution is 7.89. The van der Waals surface area contributed by atoms with Gasteiger partial charge in [-0.25, -0.2) is 13.1 Å². The average molecular weight is 431 g/mol. The van der Waals surface area contributed by atoms with Crippen LogP contribution in [0.2, 0.25) is 10.0 Å². The molecule has 0 heterocycles. The molecule has 0 aliphatic carbocycles. The lowest BCUT2D eigenvalue weighted by molar-refractivity contribution is -0.121. The number of sulfonamides is 1. The number of benzene rings is 2. The van der Waals surface area contributed by atoms with E-state index in [9.17, 15) is 13.2 Å². The first-order valence-electron chi connectivity index (χ1n) is 8.11. The second-order valence-corrected chi connectivity index (χ2v) is 8.39. The molecule has 27 heavy (non-hydrogen) atoms. The SMILES string of the molecule is COc1ccc(S(=O)(=O)NCCC(=O)NC(C)c2ccc(Cl)cc2Cl)cc1. The minimum absolute atomic E-state index is 0.00899. The second-order valence-electron chi connectivity index (χ2n) is 5.78. The molecule has 0 saturated carbocycles. The Morgan fingerprint density at radius 1 is 1.15 bits per heavy atom. The average Bonchev–Trinajstić information content (AvgIpc) is 2.61. The Labute approximate surface area is 168 Å². The number of carbonyl (C=O) groups excluding carboxylic acids is 1. The Bertz CT molecular complexity index is 902. The lowest BCUT2D eigenvalue weighted by Crippen LogP contribution is -2.32. The van der Waals surface area contributed by atoms with E-state index in [1.165, 1.54) is 19.2 Å². The first kappa shape index (κ1) is 21.5. The minimum Gasteiger partial charge on any atom is -0.497 e. The number of amides is 1. The van der Waals surface area contributed by atoms with E-state index in [1.807, 2.05) is 0 Å². The highest BCUT2D eigenvalue weighted by Gasteiger charge is 2.16. The summed E-state index contributed by atoms with van der Waals surface area (Å²) in [6.45, 7) is 1.76. The lowest BCUT2D eigenvalue weighted by Gasteiger charge is -2.16. The second kappa shape index (κ2) is 9.41. The fourth-order valence-electron chi connectivity index (χ4n) is 2.38. The first-order valence-corrected chi connectivity index (χ1v) is 10.3. The van der Waals surface area contributed by atoms with Crippen molar-refractivity contribution >= 4 is 39.1 Å². The van der Waals surface area contributed by atoms with Crippen molar-refractivity contribution < 1.29 is 17.9 Å². The number of hydrogen-bond donors (Lipinski definition) is 2. The maximum Gasteiger partial charge on any atom is 0.240 e. The largest absolute Gasteiger partial charge is 0.497 e. The molecular weight excluding hydrogens is 411 g/mol. The Morgan fingerprint density at radius 3 is 2.41 bits per heavy atom. The fraction of sp³-hybridized carbons (Fsp3) is 0.278. The molecule has 1 unspecified atom stereocenters. The van der Waals surface area contributed by atoms with Gasteiger partial charge in [0.15, 0.2) is 0 Å². The van der Waals surface area contributed by atoms with Gasteiger partial charge in [0.05, 0.1) is 18.0 Å². The van der Waals surface area contributed by atoms with E-state index in [1.54, 1.807) is 37.3 Å². The van der Waals surface area contributed by atoms with Crippen LogP contribution >= 0.6 is 23.2 Å². The highest BCUT2D eigenvalue weighted by atomic mass is 35.5. The zero-order valence-electron chi connectivity index (χ0n) is 14.8. The molecule has 0 spiro atoms. The highest BCUT2D eigenvalue weighted by Crippen LogP contribution is 2.26. The summed E-state index contributed by atoms with van der Waals surface area (Å²) in [6.07, 6.45) is -0.00899. The van der Waals surface area contributed by atoms with E-state index in [-0.39, 0.29) is 29.8 Å². The zero-order chi connectivity index (χ0) is 20.0. The van der Waals surface area contributed by atoms with Crippen LogP contribution < -0.4 is 14.8 Å². The molecule has 0 aromatic heterocycles. The normalized spacial score (nSPS) is 12.4. The van der Waals surface area contributed by atoms with Gasteiger partial charge >= 0.3 is 0 Å². The molecule has 2 aromatic rings. The van der Waals surface area contributed by atoms with Gasteiger partial charge in [-0.15, -0.1) is 0 Å². The maximum atomic E-state index is 12.2. The van der Waals surface area contributed by atoms with Gasteiger partial charge in [-0.1, -0.05) is 29.3 Å². The molecule has 2 aromatic carbocycles. The van der Waals surface area contributed by atoms with Gasteiger partial charge in [-0.05, 0) is 48.9 Å². The number of ether oxygens (including phenoxy) is 1. The van der Waals surface area contributed by atoms with Crippen LogP contribution in [0.1, 0.15) is 24.9 Å². The topological polar surface area (TPSA) is 84.5 Å². The molecule has 0 aliphatic heterocycles. The van der Waals surface area contributed by atoms with Gasteiger partial charge < -0.3 is 10.1 Å². The van der Waals surface area contributed by atoms with Crippen molar-refractivity contribution in [1.82, 2.24) is 10.0 Å². The predicted octanol–water partition coefficient (Wildman–Crippen LogP) is 3.55. The molecule has 1 amide bonds. The van der Waals surface area contributed by atoms with Crippen LogP contribution in [0.5, 0.6) is 5.75 Å². The lowest BCUT2D eigenvalue weighted by atomic mass is 10.1. The number of carbonyl (C=O) groups is 1. The third kappa shape index (κ3) is 6.10. The van der Waals surface area contributed by atoms with Crippen molar-refractivity contribution in [2.45, 2.75) is 24.3 Å². The summed E-state index contributed by atoms with van der Waals surface area (Å²) in [7, 11) is -2.20. The molecule has 0 fully saturated rings. The molecule has 9 heteroatoms. The van der Waals surface area contributed by atoms with Crippen LogP contribution in [0, 0.1) is 0 Å². The molecule has 6 nitrogen and oxygen atoms in total. The quantitative estimate of drug-likeness (QED) is 0.670. The molecular formula is C18H20Cl2N2O4S. The number of methoxy groups -OCH3 is 1. The maximum absolute atomic E-state index is 12.2. The van der Waals surface area contributed by atoms with Crippen molar-refractivity contribution in [3.05, 3.63) is 58.1 Å². The first-order chi connectivity index (χ1) is 12.7. The third-order valence-corrected chi connectivity index (χ3v) is 5.86. The number of hydrogen-bond acceptors (Lipinski definition) is 4. The van der Waals surface area contributed by atoms with Crippen LogP contribution in [0.25, 0.3) is 0 Å². The number of rotatable bonds is 8. The van der Waals surface area contributed by atoms with Crippen LogP contribution in [0.3, 0.4) is 0 Å². The van der Waals surface area contributed by atoms with E-state index in [0.29, 0.717) is 15.8 Å². The Balaban J connectivity index is 1.87. The van der Waals surface area contributed by atoms with Crippen molar-refractivity contribution in [1.29, 1.82) is 0 Å². The molecule has 0 aliphatic rings. The smallest absolute Gasteiger partial charge is 0.240 e. The van der Waals surface area contributed by atoms with Gasteiger partial charge in [0.25, 0.3) is 0 Å². The van der Waals surface area contributed by atoms with Crippen molar-refractivity contribution in [3.63, 3.8) is 0 Å². The molecule has 2 N–H and O–H groups in total. The van der Waals surface area contributed by atoms with Crippen LogP contribution in [-0.2, 0) is 14.8 Å². The van der Waals surface area contributed by atoms with Crippen LogP contribution in [0.4, 0.5) is 0 Å². The van der Waals surface area contributed by atoms with Crippen LogP contribution in [-0.4, -0.2) is 28.0 Å². The monoisotopic (exact) mass is 430 g/mol. The fourth-order valence-corrected chi connectivity index (χ4v) is 3.99. The minimum atomic E-state index is -3.69. The van der Waals surface area contributed by atoms with Crippen molar-refractivity contribution in [2.24, 2.45) is 0 Å². The van der Waals surface area contributed by atoms with E-state index in [4.69, 9.17) is 27.9 Å². The summed E-state index contributed by atoms with van der Waals surface area (Å²) in [6, 6.07) is 10.7. The van der Waals surface area contributed by atoms with Crippen molar-refractivity contribution in [3.8, 4) is 5.75 Å². The van der Waals surface area contributed by atoms with E-state index in [0.717, 1.165) is 5.56 Å². The summed E-state index contributed by atoms with van der Waals surface area (Å²) in [5.41, 5.74) is 0.730. The summed E-state index contributed by atoms with van der Waals surface area (Å²) in [4.78, 5) is 12.2. The van der Waals surface area contributed by atoms with Gasteiger partial charge in [0, 0.05) is 23.0 Å². The molecule has 1 atom stereocenters. The summed E-state index contributed by atoms with van der Waals surface area (Å²) >= 11 is 12.0. The zero-order valence-corrected chi connectivity index (χ0v) is 17.2. The Morgan fingerprint density at radius 2 is 1.81 bits per heavy atom. The third-order valence-electron chi connectivity index (χ3n) is 3.82. The van der Waals surface area contributed by atoms with Crippen molar-refractivity contribution in [2.75, 3.05) is 13.7 Å². The molecule has 0 radical (unpaired) electrons. The number of nitrogens with one attached hydrogen (secondary N) is 2. The van der Waals surface area contributed by atoms with E-state index in [2.05, 4.69) is 10.0 Å². The molecule has 0 saturated heterocycles. The standard InChI is InChI=1S/C18H20Cl2N2O4S/c1-12(16-8-3-13(19)11-17(16)20)22-18(23)9-10-21-27(24,25)15-6-4-14(26-2)5-7-15/h3-8,11-12,21H,9-10H2,1-2H3,(H,22,23). The Hall–Kier alpha value is -1.80. The van der Waals surface area contributed by atoms with Crippen LogP contribution in [0.15, 0.2) is 47.4 Å². The Kier molecular flexibility index (Phi) is 7.49. The molecule has 2 rings (SSSR count). The summed E-state index contributed by atoms with van der Waals surface area (Å²) in [5, 5.41) is 3.74. The van der Waals surface area contributed by atoms with Gasteiger partial charge in [-0.2, -0.15) is 0 Å². The van der Waals surface area contributed by atoms with Gasteiger partial charge in [-0.3, -0.25) is 4.79 Å². The molecule has 146 valence electrons. The summed E-state index contributed by atoms with van der Waals surface area (Å²) < 4.78 is 31.8. The predicted molar refractivity (Wildman–Crippen MR) is 106 cm³/mol. The number of halogens is 2. The van der Waals surface area contributed by atoms with Gasteiger partial charge in [0.1, 0.15) is 5.75 Å². The summed E-state index contributed by atoms with van der Waals surface area (Å²) in [5.74, 6) is 0.258.